The lowest BCUT2D eigenvalue weighted by atomic mass is 9.94. The molecule has 0 saturated heterocycles. The van der Waals surface area contributed by atoms with Gasteiger partial charge in [-0.2, -0.15) is 15.3 Å². The van der Waals surface area contributed by atoms with Crippen LogP contribution in [0.4, 0.5) is 16.4 Å². The van der Waals surface area contributed by atoms with Crippen molar-refractivity contribution in [2.24, 2.45) is 0 Å². The summed E-state index contributed by atoms with van der Waals surface area (Å²) in [6.45, 7) is 9.36. The molecule has 3 aromatic heterocycles. The Morgan fingerprint density at radius 1 is 1.04 bits per heavy atom. The molecule has 2 amide bonds. The summed E-state index contributed by atoms with van der Waals surface area (Å²) in [4.78, 5) is 53.3. The van der Waals surface area contributed by atoms with Crippen molar-refractivity contribution in [3.63, 3.8) is 0 Å². The number of nitriles is 1. The molecule has 1 unspecified atom stereocenters. The summed E-state index contributed by atoms with van der Waals surface area (Å²) in [7, 11) is 4.49. The number of hydrogen-bond acceptors (Lipinski definition) is 10. The summed E-state index contributed by atoms with van der Waals surface area (Å²) < 4.78 is 19.5. The van der Waals surface area contributed by atoms with Crippen LogP contribution in [0, 0.1) is 11.3 Å². The van der Waals surface area contributed by atoms with Gasteiger partial charge < -0.3 is 18.8 Å². The minimum absolute atomic E-state index is 0.0280. The first kappa shape index (κ1) is 37.6. The molecule has 5 aromatic rings. The molecule has 0 N–H and O–H groups in total. The molecule has 0 fully saturated rings. The van der Waals surface area contributed by atoms with Crippen LogP contribution in [-0.2, 0) is 11.3 Å². The second kappa shape index (κ2) is 14.7. The Balaban J connectivity index is 1.50. The molecule has 0 radical (unpaired) electrons. The summed E-state index contributed by atoms with van der Waals surface area (Å²) in [5.41, 5.74) is 2.38. The van der Waals surface area contributed by atoms with E-state index in [-0.39, 0.29) is 40.7 Å². The summed E-state index contributed by atoms with van der Waals surface area (Å²) in [5.74, 6) is 0.0372. The summed E-state index contributed by atoms with van der Waals surface area (Å²) in [6, 6.07) is 16.9. The first-order valence-electron chi connectivity index (χ1n) is 17.0. The topological polar surface area (TPSA) is 158 Å². The Kier molecular flexibility index (Phi) is 10.2. The van der Waals surface area contributed by atoms with Gasteiger partial charge in [0.15, 0.2) is 5.69 Å². The normalized spacial score (nSPS) is 13.8. The monoisotopic (exact) mass is 750 g/mol. The largest absolute Gasteiger partial charge is 0.497 e. The number of hydrogen-bond donors (Lipinski definition) is 0. The van der Waals surface area contributed by atoms with Gasteiger partial charge in [-0.1, -0.05) is 49.7 Å². The number of aromatic nitrogens is 5. The van der Waals surface area contributed by atoms with Gasteiger partial charge in [-0.3, -0.25) is 14.5 Å². The number of benzene rings is 2. The Bertz CT molecular complexity index is 2340. The van der Waals surface area contributed by atoms with Crippen LogP contribution in [0.1, 0.15) is 85.0 Å². The van der Waals surface area contributed by atoms with Crippen molar-refractivity contribution in [3.8, 4) is 23.4 Å². The summed E-state index contributed by atoms with van der Waals surface area (Å²) in [6.07, 6.45) is 2.34. The van der Waals surface area contributed by atoms with Crippen LogP contribution in [0.5, 0.6) is 11.6 Å². The molecular formula is C39H39ClN8O6. The minimum Gasteiger partial charge on any atom is -0.497 e. The van der Waals surface area contributed by atoms with Gasteiger partial charge in [0, 0.05) is 18.8 Å². The SMILES string of the molecule is COc1ccc(Cn2cc(Cl)cc(N3C(=O)c4nn(-c5cnc(N(C)C(=O)OC(C)(C)C)nc5OC)c(C(C)C)c4C3c3ccc(C#N)cc3)c2=O)cc1. The molecule has 0 spiro atoms. The van der Waals surface area contributed by atoms with E-state index in [1.54, 1.807) is 69.0 Å². The molecule has 0 saturated carbocycles. The number of carbonyl (C=O) groups is 2. The Morgan fingerprint density at radius 3 is 2.31 bits per heavy atom. The molecule has 15 heteroatoms. The molecule has 1 aliphatic heterocycles. The van der Waals surface area contributed by atoms with Crippen LogP contribution in [0.15, 0.2) is 71.8 Å². The number of methoxy groups -OCH3 is 2. The molecule has 0 bridgehead atoms. The average Bonchev–Trinajstić information content (AvgIpc) is 3.66. The highest BCUT2D eigenvalue weighted by atomic mass is 35.5. The fourth-order valence-electron chi connectivity index (χ4n) is 6.30. The molecule has 14 nitrogen and oxygen atoms in total. The van der Waals surface area contributed by atoms with E-state index < -0.39 is 29.2 Å². The second-order valence-electron chi connectivity index (χ2n) is 14.0. The number of fused-ring (bicyclic) bond motifs is 1. The maximum Gasteiger partial charge on any atom is 0.416 e. The number of amides is 2. The molecule has 2 aromatic carbocycles. The molecule has 54 heavy (non-hydrogen) atoms. The first-order valence-corrected chi connectivity index (χ1v) is 17.4. The lowest BCUT2D eigenvalue weighted by Crippen LogP contribution is -2.36. The van der Waals surface area contributed by atoms with Gasteiger partial charge in [-0.25, -0.2) is 19.4 Å². The number of anilines is 2. The molecule has 0 aliphatic carbocycles. The lowest BCUT2D eigenvalue weighted by molar-refractivity contribution is 0.0587. The van der Waals surface area contributed by atoms with Crippen LogP contribution in [0.3, 0.4) is 0 Å². The maximum absolute atomic E-state index is 14.7. The number of nitrogens with zero attached hydrogens (tertiary/aromatic N) is 8. The van der Waals surface area contributed by atoms with Crippen LogP contribution >= 0.6 is 11.6 Å². The van der Waals surface area contributed by atoms with E-state index in [1.165, 1.54) is 47.0 Å². The molecular weight excluding hydrogens is 712 g/mol. The zero-order valence-electron chi connectivity index (χ0n) is 31.1. The third-order valence-corrected chi connectivity index (χ3v) is 8.94. The van der Waals surface area contributed by atoms with E-state index in [4.69, 9.17) is 30.9 Å². The quantitative estimate of drug-likeness (QED) is 0.160. The van der Waals surface area contributed by atoms with E-state index in [1.807, 2.05) is 26.0 Å². The maximum atomic E-state index is 14.7. The number of pyridine rings is 1. The number of carbonyl (C=O) groups excluding carboxylic acids is 2. The molecule has 278 valence electrons. The highest BCUT2D eigenvalue weighted by molar-refractivity contribution is 6.30. The van der Waals surface area contributed by atoms with Gasteiger partial charge in [-0.05, 0) is 68.1 Å². The molecule has 1 atom stereocenters. The third-order valence-electron chi connectivity index (χ3n) is 8.73. The van der Waals surface area contributed by atoms with Crippen molar-refractivity contribution in [3.05, 3.63) is 116 Å². The highest BCUT2D eigenvalue weighted by Crippen LogP contribution is 2.45. The van der Waals surface area contributed by atoms with Gasteiger partial charge in [0.05, 0.1) is 55.4 Å². The van der Waals surface area contributed by atoms with E-state index in [2.05, 4.69) is 16.0 Å². The van der Waals surface area contributed by atoms with Crippen molar-refractivity contribution in [1.29, 1.82) is 5.26 Å². The number of ether oxygens (including phenoxy) is 3. The Morgan fingerprint density at radius 2 is 1.72 bits per heavy atom. The number of rotatable bonds is 9. The highest BCUT2D eigenvalue weighted by Gasteiger charge is 2.46. The van der Waals surface area contributed by atoms with Crippen molar-refractivity contribution in [2.75, 3.05) is 31.1 Å². The zero-order chi connectivity index (χ0) is 39.1. The van der Waals surface area contributed by atoms with Crippen molar-refractivity contribution in [1.82, 2.24) is 24.3 Å². The van der Waals surface area contributed by atoms with Gasteiger partial charge in [0.25, 0.3) is 11.5 Å². The minimum atomic E-state index is -0.837. The lowest BCUT2D eigenvalue weighted by Gasteiger charge is -2.28. The van der Waals surface area contributed by atoms with E-state index in [9.17, 15) is 19.6 Å². The van der Waals surface area contributed by atoms with Crippen LogP contribution in [0.2, 0.25) is 5.02 Å². The predicted octanol–water partition coefficient (Wildman–Crippen LogP) is 6.66. The number of halogens is 1. The molecule has 6 rings (SSSR count). The zero-order valence-corrected chi connectivity index (χ0v) is 31.9. The van der Waals surface area contributed by atoms with Crippen LogP contribution < -0.4 is 24.8 Å². The van der Waals surface area contributed by atoms with Crippen molar-refractivity contribution in [2.45, 2.75) is 58.7 Å². The van der Waals surface area contributed by atoms with Crippen LogP contribution in [-0.4, -0.2) is 63.2 Å². The predicted molar refractivity (Wildman–Crippen MR) is 202 cm³/mol. The Labute approximate surface area is 317 Å². The molecule has 4 heterocycles. The van der Waals surface area contributed by atoms with Gasteiger partial charge in [0.1, 0.15) is 22.7 Å². The first-order chi connectivity index (χ1) is 25.6. The van der Waals surface area contributed by atoms with E-state index >= 15 is 0 Å². The summed E-state index contributed by atoms with van der Waals surface area (Å²) in [5, 5.41) is 14.6. The van der Waals surface area contributed by atoms with Crippen molar-refractivity contribution < 1.29 is 23.8 Å². The summed E-state index contributed by atoms with van der Waals surface area (Å²) >= 11 is 6.65. The average molecular weight is 751 g/mol. The molecule has 1 aliphatic rings. The van der Waals surface area contributed by atoms with Gasteiger partial charge >= 0.3 is 6.09 Å². The smallest absolute Gasteiger partial charge is 0.416 e. The van der Waals surface area contributed by atoms with Gasteiger partial charge in [0.2, 0.25) is 11.8 Å². The second-order valence-corrected chi connectivity index (χ2v) is 14.4. The van der Waals surface area contributed by atoms with Gasteiger partial charge in [-0.15, -0.1) is 0 Å². The fourth-order valence-corrected chi connectivity index (χ4v) is 6.52. The van der Waals surface area contributed by atoms with E-state index in [0.717, 1.165) is 5.56 Å². The van der Waals surface area contributed by atoms with Crippen LogP contribution in [0.25, 0.3) is 5.69 Å². The Hall–Kier alpha value is -6.20. The van der Waals surface area contributed by atoms with Crippen molar-refractivity contribution >= 4 is 35.2 Å². The standard InChI is InChI=1S/C39H39ClN8O6/c1-22(2)32-30-31(44-48(32)29-19-42-37(43-34(29)53-8)45(6)38(51)54-39(3,4)5)36(50)47(33(30)25-13-9-23(18-41)10-14-25)28-17-26(40)21-46(35(28)49)20-24-11-15-27(52-7)16-12-24/h9-17,19,21-22,33H,20H2,1-8H3. The van der Waals surface area contributed by atoms with E-state index in [0.29, 0.717) is 33.8 Å². The third kappa shape index (κ3) is 7.10. The fraction of sp³-hybridized carbons (Fsp3) is 0.308.